The minimum atomic E-state index is -0.524. The standard InChI is InChI=1S/C16H19NO3/c1-12(10-14-8-9-19-11-14)17-16(18)13(2)20-15-6-4-3-5-7-15/h3-9,11-13H,10H2,1-2H3,(H,17,18). The Hall–Kier alpha value is -2.23. The lowest BCUT2D eigenvalue weighted by molar-refractivity contribution is -0.127. The van der Waals surface area contributed by atoms with Crippen molar-refractivity contribution in [3.8, 4) is 5.75 Å². The lowest BCUT2D eigenvalue weighted by atomic mass is 10.1. The Morgan fingerprint density at radius 2 is 2.00 bits per heavy atom. The molecule has 2 rings (SSSR count). The van der Waals surface area contributed by atoms with Crippen LogP contribution in [0.5, 0.6) is 5.75 Å². The highest BCUT2D eigenvalue weighted by Crippen LogP contribution is 2.11. The predicted octanol–water partition coefficient (Wildman–Crippen LogP) is 2.79. The summed E-state index contributed by atoms with van der Waals surface area (Å²) < 4.78 is 10.6. The average molecular weight is 273 g/mol. The van der Waals surface area contributed by atoms with Crippen LogP contribution in [0, 0.1) is 0 Å². The molecule has 0 saturated heterocycles. The van der Waals surface area contributed by atoms with E-state index in [0.29, 0.717) is 5.75 Å². The third kappa shape index (κ3) is 4.16. The quantitative estimate of drug-likeness (QED) is 0.880. The summed E-state index contributed by atoms with van der Waals surface area (Å²) >= 11 is 0. The minimum Gasteiger partial charge on any atom is -0.481 e. The molecule has 1 aromatic carbocycles. The monoisotopic (exact) mass is 273 g/mol. The zero-order valence-corrected chi connectivity index (χ0v) is 11.7. The Balaban J connectivity index is 1.81. The van der Waals surface area contributed by atoms with Crippen molar-refractivity contribution in [3.63, 3.8) is 0 Å². The molecule has 2 aromatic rings. The van der Waals surface area contributed by atoms with Gasteiger partial charge in [0, 0.05) is 6.04 Å². The van der Waals surface area contributed by atoms with Crippen LogP contribution in [0.15, 0.2) is 53.3 Å². The Morgan fingerprint density at radius 1 is 1.25 bits per heavy atom. The lowest BCUT2D eigenvalue weighted by Crippen LogP contribution is -2.42. The van der Waals surface area contributed by atoms with Crippen molar-refractivity contribution in [1.82, 2.24) is 5.32 Å². The molecule has 0 aliphatic carbocycles. The molecule has 1 aromatic heterocycles. The highest BCUT2D eigenvalue weighted by atomic mass is 16.5. The first-order chi connectivity index (χ1) is 9.65. The molecule has 4 heteroatoms. The molecule has 0 fully saturated rings. The summed E-state index contributed by atoms with van der Waals surface area (Å²) in [6, 6.07) is 11.2. The fraction of sp³-hybridized carbons (Fsp3) is 0.312. The Morgan fingerprint density at radius 3 is 2.65 bits per heavy atom. The first kappa shape index (κ1) is 14.2. The van der Waals surface area contributed by atoms with Crippen LogP contribution in [0.2, 0.25) is 0 Å². The third-order valence-corrected chi connectivity index (χ3v) is 2.94. The summed E-state index contributed by atoms with van der Waals surface area (Å²) in [6.07, 6.45) is 3.53. The number of rotatable bonds is 6. The number of hydrogen-bond acceptors (Lipinski definition) is 3. The van der Waals surface area contributed by atoms with E-state index in [1.54, 1.807) is 19.5 Å². The van der Waals surface area contributed by atoms with Gasteiger partial charge in [-0.1, -0.05) is 18.2 Å². The molecule has 1 heterocycles. The van der Waals surface area contributed by atoms with Crippen LogP contribution in [0.1, 0.15) is 19.4 Å². The number of carbonyl (C=O) groups excluding carboxylic acids is 1. The smallest absolute Gasteiger partial charge is 0.260 e. The number of nitrogens with one attached hydrogen (secondary N) is 1. The second kappa shape index (κ2) is 6.80. The van der Waals surface area contributed by atoms with Crippen LogP contribution >= 0.6 is 0 Å². The summed E-state index contributed by atoms with van der Waals surface area (Å²) in [7, 11) is 0. The van der Waals surface area contributed by atoms with Gasteiger partial charge in [-0.05, 0) is 44.0 Å². The van der Waals surface area contributed by atoms with Gasteiger partial charge in [-0.2, -0.15) is 0 Å². The van der Waals surface area contributed by atoms with Gasteiger partial charge >= 0.3 is 0 Å². The average Bonchev–Trinajstić information content (AvgIpc) is 2.92. The molecular weight excluding hydrogens is 254 g/mol. The molecule has 0 aliphatic heterocycles. The summed E-state index contributed by atoms with van der Waals surface area (Å²) in [5, 5.41) is 2.93. The second-order valence-corrected chi connectivity index (χ2v) is 4.82. The molecule has 0 aliphatic rings. The van der Waals surface area contributed by atoms with E-state index in [-0.39, 0.29) is 11.9 Å². The molecule has 0 bridgehead atoms. The lowest BCUT2D eigenvalue weighted by Gasteiger charge is -2.18. The predicted molar refractivity (Wildman–Crippen MR) is 76.5 cm³/mol. The van der Waals surface area contributed by atoms with Gasteiger partial charge in [0.25, 0.3) is 5.91 Å². The fourth-order valence-electron chi connectivity index (χ4n) is 1.93. The first-order valence-corrected chi connectivity index (χ1v) is 6.68. The molecule has 0 radical (unpaired) electrons. The molecule has 2 unspecified atom stereocenters. The molecule has 1 amide bonds. The van der Waals surface area contributed by atoms with E-state index < -0.39 is 6.10 Å². The summed E-state index contributed by atoms with van der Waals surface area (Å²) in [5.74, 6) is 0.572. The van der Waals surface area contributed by atoms with Gasteiger partial charge in [-0.3, -0.25) is 4.79 Å². The number of furan rings is 1. The highest BCUT2D eigenvalue weighted by molar-refractivity contribution is 5.81. The number of ether oxygens (including phenoxy) is 1. The maximum Gasteiger partial charge on any atom is 0.260 e. The van der Waals surface area contributed by atoms with Crippen molar-refractivity contribution in [2.75, 3.05) is 0 Å². The Kier molecular flexibility index (Phi) is 4.82. The van der Waals surface area contributed by atoms with Crippen molar-refractivity contribution >= 4 is 5.91 Å². The van der Waals surface area contributed by atoms with Crippen LogP contribution in [-0.4, -0.2) is 18.1 Å². The second-order valence-electron chi connectivity index (χ2n) is 4.82. The van der Waals surface area contributed by atoms with Crippen molar-refractivity contribution in [1.29, 1.82) is 0 Å². The fourth-order valence-corrected chi connectivity index (χ4v) is 1.93. The van der Waals surface area contributed by atoms with E-state index in [1.165, 1.54) is 0 Å². The van der Waals surface area contributed by atoms with Crippen LogP contribution in [0.3, 0.4) is 0 Å². The number of benzene rings is 1. The normalized spacial score (nSPS) is 13.5. The maximum absolute atomic E-state index is 12.0. The maximum atomic E-state index is 12.0. The van der Waals surface area contributed by atoms with Gasteiger partial charge in [0.2, 0.25) is 0 Å². The summed E-state index contributed by atoms with van der Waals surface area (Å²) in [4.78, 5) is 12.0. The van der Waals surface area contributed by atoms with Gasteiger partial charge in [0.1, 0.15) is 5.75 Å². The molecule has 0 spiro atoms. The van der Waals surface area contributed by atoms with E-state index in [1.807, 2.05) is 43.3 Å². The van der Waals surface area contributed by atoms with Crippen molar-refractivity contribution in [2.24, 2.45) is 0 Å². The largest absolute Gasteiger partial charge is 0.481 e. The Labute approximate surface area is 118 Å². The van der Waals surface area contributed by atoms with Crippen molar-refractivity contribution in [2.45, 2.75) is 32.4 Å². The SMILES string of the molecule is CC(Cc1ccoc1)NC(=O)C(C)Oc1ccccc1. The van der Waals surface area contributed by atoms with Gasteiger partial charge in [0.05, 0.1) is 12.5 Å². The molecule has 1 N–H and O–H groups in total. The van der Waals surface area contributed by atoms with E-state index in [0.717, 1.165) is 12.0 Å². The number of carbonyl (C=O) groups is 1. The number of para-hydroxylation sites is 1. The van der Waals surface area contributed by atoms with Crippen LogP contribution < -0.4 is 10.1 Å². The van der Waals surface area contributed by atoms with Crippen molar-refractivity contribution in [3.05, 3.63) is 54.5 Å². The molecule has 4 nitrogen and oxygen atoms in total. The van der Waals surface area contributed by atoms with Gasteiger partial charge < -0.3 is 14.5 Å². The summed E-state index contributed by atoms with van der Waals surface area (Å²) in [5.41, 5.74) is 1.06. The molecule has 2 atom stereocenters. The van der Waals surface area contributed by atoms with Crippen LogP contribution in [0.25, 0.3) is 0 Å². The molecule has 20 heavy (non-hydrogen) atoms. The van der Waals surface area contributed by atoms with Gasteiger partial charge in [-0.15, -0.1) is 0 Å². The van der Waals surface area contributed by atoms with Gasteiger partial charge in [-0.25, -0.2) is 0 Å². The topological polar surface area (TPSA) is 51.5 Å². The third-order valence-electron chi connectivity index (χ3n) is 2.94. The highest BCUT2D eigenvalue weighted by Gasteiger charge is 2.17. The molecular formula is C16H19NO3. The van der Waals surface area contributed by atoms with E-state index in [9.17, 15) is 4.79 Å². The van der Waals surface area contributed by atoms with E-state index >= 15 is 0 Å². The van der Waals surface area contributed by atoms with Gasteiger partial charge in [0.15, 0.2) is 6.10 Å². The zero-order chi connectivity index (χ0) is 14.4. The molecule has 106 valence electrons. The first-order valence-electron chi connectivity index (χ1n) is 6.68. The van der Waals surface area contributed by atoms with E-state index in [4.69, 9.17) is 9.15 Å². The van der Waals surface area contributed by atoms with E-state index in [2.05, 4.69) is 5.32 Å². The minimum absolute atomic E-state index is 0.0296. The molecule has 0 saturated carbocycles. The van der Waals surface area contributed by atoms with Crippen LogP contribution in [0.4, 0.5) is 0 Å². The van der Waals surface area contributed by atoms with Crippen LogP contribution in [-0.2, 0) is 11.2 Å². The number of hydrogen-bond donors (Lipinski definition) is 1. The summed E-state index contributed by atoms with van der Waals surface area (Å²) in [6.45, 7) is 3.70. The van der Waals surface area contributed by atoms with Crippen molar-refractivity contribution < 1.29 is 13.9 Å². The zero-order valence-electron chi connectivity index (χ0n) is 11.7. The Bertz CT molecular complexity index is 522. The number of amides is 1.